The van der Waals surface area contributed by atoms with Gasteiger partial charge in [-0.3, -0.25) is 9.69 Å². The summed E-state index contributed by atoms with van der Waals surface area (Å²) in [6, 6.07) is 15.6. The number of halogens is 1. The molecule has 0 atom stereocenters. The highest BCUT2D eigenvalue weighted by Gasteiger charge is 2.11. The number of hydrogen-bond donors (Lipinski definition) is 1. The van der Waals surface area contributed by atoms with Crippen LogP contribution in [0.4, 0.5) is 5.69 Å². The van der Waals surface area contributed by atoms with E-state index in [1.807, 2.05) is 55.5 Å². The molecule has 0 fully saturated rings. The largest absolute Gasteiger partial charge is 0.325 e. The monoisotopic (exact) mass is 330 g/mol. The van der Waals surface area contributed by atoms with Gasteiger partial charge in [-0.25, -0.2) is 0 Å². The molecule has 122 valence electrons. The smallest absolute Gasteiger partial charge is 0.238 e. The van der Waals surface area contributed by atoms with Crippen LogP contribution in [-0.4, -0.2) is 23.9 Å². The Morgan fingerprint density at radius 3 is 2.48 bits per heavy atom. The third-order valence-corrected chi connectivity index (χ3v) is 3.90. The highest BCUT2D eigenvalue weighted by molar-refractivity contribution is 6.30. The lowest BCUT2D eigenvalue weighted by atomic mass is 10.2. The number of anilines is 1. The molecule has 23 heavy (non-hydrogen) atoms. The van der Waals surface area contributed by atoms with E-state index in [4.69, 9.17) is 11.6 Å². The lowest BCUT2D eigenvalue weighted by Gasteiger charge is -2.21. The van der Waals surface area contributed by atoms with E-state index in [-0.39, 0.29) is 5.91 Å². The zero-order valence-electron chi connectivity index (χ0n) is 13.7. The van der Waals surface area contributed by atoms with E-state index in [0.717, 1.165) is 41.3 Å². The van der Waals surface area contributed by atoms with Crippen LogP contribution in [0.15, 0.2) is 48.5 Å². The molecule has 0 saturated carbocycles. The van der Waals surface area contributed by atoms with Crippen LogP contribution >= 0.6 is 11.6 Å². The van der Waals surface area contributed by atoms with Crippen molar-refractivity contribution in [2.75, 3.05) is 18.4 Å². The van der Waals surface area contributed by atoms with E-state index in [2.05, 4.69) is 17.1 Å². The lowest BCUT2D eigenvalue weighted by molar-refractivity contribution is -0.117. The van der Waals surface area contributed by atoms with E-state index >= 15 is 0 Å². The molecular weight excluding hydrogens is 308 g/mol. The number of aryl methyl sites for hydroxylation is 1. The van der Waals surface area contributed by atoms with Gasteiger partial charge < -0.3 is 5.32 Å². The first-order valence-corrected chi connectivity index (χ1v) is 8.28. The van der Waals surface area contributed by atoms with Crippen LogP contribution in [-0.2, 0) is 11.3 Å². The van der Waals surface area contributed by atoms with Crippen molar-refractivity contribution in [1.82, 2.24) is 4.90 Å². The van der Waals surface area contributed by atoms with Crippen LogP contribution in [0.2, 0.25) is 5.02 Å². The minimum absolute atomic E-state index is 0.0155. The number of carbonyl (C=O) groups excluding carboxylic acids is 1. The van der Waals surface area contributed by atoms with Crippen LogP contribution < -0.4 is 5.32 Å². The van der Waals surface area contributed by atoms with Gasteiger partial charge >= 0.3 is 0 Å². The van der Waals surface area contributed by atoms with E-state index in [0.29, 0.717) is 6.54 Å². The Labute approximate surface area is 143 Å². The number of amides is 1. The zero-order chi connectivity index (χ0) is 16.7. The lowest BCUT2D eigenvalue weighted by Crippen LogP contribution is -2.33. The molecule has 4 heteroatoms. The van der Waals surface area contributed by atoms with Gasteiger partial charge in [0.1, 0.15) is 0 Å². The first-order valence-electron chi connectivity index (χ1n) is 7.90. The maximum absolute atomic E-state index is 12.3. The average molecular weight is 331 g/mol. The Hall–Kier alpha value is -1.84. The fraction of sp³-hybridized carbons (Fsp3) is 0.316. The number of nitrogens with zero attached hydrogens (tertiary/aromatic N) is 1. The van der Waals surface area contributed by atoms with E-state index in [1.165, 1.54) is 0 Å². The van der Waals surface area contributed by atoms with Crippen LogP contribution in [0.1, 0.15) is 24.5 Å². The number of para-hydroxylation sites is 1. The second kappa shape index (κ2) is 8.70. The number of nitrogens with one attached hydrogen (secondary N) is 1. The van der Waals surface area contributed by atoms with Crippen molar-refractivity contribution in [2.45, 2.75) is 26.8 Å². The van der Waals surface area contributed by atoms with Gasteiger partial charge in [0.05, 0.1) is 6.54 Å². The Morgan fingerprint density at radius 1 is 1.13 bits per heavy atom. The van der Waals surface area contributed by atoms with Gasteiger partial charge in [0, 0.05) is 17.3 Å². The summed E-state index contributed by atoms with van der Waals surface area (Å²) >= 11 is 5.92. The fourth-order valence-electron chi connectivity index (χ4n) is 2.48. The van der Waals surface area contributed by atoms with E-state index in [9.17, 15) is 4.79 Å². The molecule has 0 spiro atoms. The van der Waals surface area contributed by atoms with Crippen LogP contribution in [0, 0.1) is 6.92 Å². The van der Waals surface area contributed by atoms with Gasteiger partial charge in [-0.2, -0.15) is 0 Å². The Bertz CT molecular complexity index is 640. The molecule has 0 saturated heterocycles. The molecule has 2 aromatic rings. The maximum Gasteiger partial charge on any atom is 0.238 e. The summed E-state index contributed by atoms with van der Waals surface area (Å²) in [7, 11) is 0. The van der Waals surface area contributed by atoms with Crippen molar-refractivity contribution in [3.63, 3.8) is 0 Å². The van der Waals surface area contributed by atoms with Crippen molar-refractivity contribution < 1.29 is 4.79 Å². The highest BCUT2D eigenvalue weighted by atomic mass is 35.5. The Morgan fingerprint density at radius 2 is 1.83 bits per heavy atom. The molecule has 0 heterocycles. The van der Waals surface area contributed by atoms with Crippen molar-refractivity contribution in [1.29, 1.82) is 0 Å². The third kappa shape index (κ3) is 5.70. The second-order valence-corrected chi connectivity index (χ2v) is 6.14. The number of benzene rings is 2. The number of carbonyl (C=O) groups is 1. The van der Waals surface area contributed by atoms with Gasteiger partial charge in [-0.1, -0.05) is 48.9 Å². The van der Waals surface area contributed by atoms with Crippen LogP contribution in [0.5, 0.6) is 0 Å². The molecule has 3 nitrogen and oxygen atoms in total. The predicted molar refractivity (Wildman–Crippen MR) is 96.8 cm³/mol. The first kappa shape index (κ1) is 17.5. The van der Waals surface area contributed by atoms with Gasteiger partial charge in [0.15, 0.2) is 0 Å². The summed E-state index contributed by atoms with van der Waals surface area (Å²) in [4.78, 5) is 14.5. The summed E-state index contributed by atoms with van der Waals surface area (Å²) in [6.07, 6.45) is 1.01. The standard InChI is InChI=1S/C19H23ClN2O/c1-3-12-22(13-16-8-10-17(20)11-9-16)14-19(23)21-18-7-5-4-6-15(18)2/h4-11H,3,12-14H2,1-2H3,(H,21,23). The van der Waals surface area contributed by atoms with Crippen molar-refractivity contribution in [2.24, 2.45) is 0 Å². The predicted octanol–water partition coefficient (Wildman–Crippen LogP) is 4.50. The van der Waals surface area contributed by atoms with Gasteiger partial charge in [0.2, 0.25) is 5.91 Å². The molecule has 0 aliphatic rings. The zero-order valence-corrected chi connectivity index (χ0v) is 14.4. The molecule has 0 aliphatic heterocycles. The normalized spacial score (nSPS) is 10.8. The number of rotatable bonds is 7. The summed E-state index contributed by atoms with van der Waals surface area (Å²) in [6.45, 7) is 6.11. The summed E-state index contributed by atoms with van der Waals surface area (Å²) in [5.41, 5.74) is 3.10. The molecular formula is C19H23ClN2O. The number of hydrogen-bond acceptors (Lipinski definition) is 2. The molecule has 0 aromatic heterocycles. The molecule has 0 bridgehead atoms. The molecule has 0 radical (unpaired) electrons. The quantitative estimate of drug-likeness (QED) is 0.810. The van der Waals surface area contributed by atoms with Crippen molar-refractivity contribution >= 4 is 23.2 Å². The van der Waals surface area contributed by atoms with Crippen molar-refractivity contribution in [3.05, 3.63) is 64.7 Å². The molecule has 0 aliphatic carbocycles. The van der Waals surface area contributed by atoms with Gasteiger partial charge in [0.25, 0.3) is 0 Å². The molecule has 2 rings (SSSR count). The average Bonchev–Trinajstić information content (AvgIpc) is 2.52. The Balaban J connectivity index is 1.96. The van der Waals surface area contributed by atoms with E-state index in [1.54, 1.807) is 0 Å². The molecule has 1 N–H and O–H groups in total. The van der Waals surface area contributed by atoms with Gasteiger partial charge in [-0.05, 0) is 49.2 Å². The molecule has 0 unspecified atom stereocenters. The third-order valence-electron chi connectivity index (χ3n) is 3.65. The molecule has 1 amide bonds. The summed E-state index contributed by atoms with van der Waals surface area (Å²) < 4.78 is 0. The van der Waals surface area contributed by atoms with Crippen LogP contribution in [0.25, 0.3) is 0 Å². The fourth-order valence-corrected chi connectivity index (χ4v) is 2.61. The highest BCUT2D eigenvalue weighted by Crippen LogP contribution is 2.14. The summed E-state index contributed by atoms with van der Waals surface area (Å²) in [5, 5.41) is 3.72. The van der Waals surface area contributed by atoms with Gasteiger partial charge in [-0.15, -0.1) is 0 Å². The first-order chi connectivity index (χ1) is 11.1. The topological polar surface area (TPSA) is 32.3 Å². The Kier molecular flexibility index (Phi) is 6.63. The summed E-state index contributed by atoms with van der Waals surface area (Å²) in [5.74, 6) is 0.0155. The maximum atomic E-state index is 12.3. The van der Waals surface area contributed by atoms with Crippen molar-refractivity contribution in [3.8, 4) is 0 Å². The second-order valence-electron chi connectivity index (χ2n) is 5.70. The minimum atomic E-state index is 0.0155. The van der Waals surface area contributed by atoms with Crippen LogP contribution in [0.3, 0.4) is 0 Å². The van der Waals surface area contributed by atoms with E-state index < -0.39 is 0 Å². The molecule has 2 aromatic carbocycles. The minimum Gasteiger partial charge on any atom is -0.325 e. The SMILES string of the molecule is CCCN(CC(=O)Nc1ccccc1C)Cc1ccc(Cl)cc1.